The summed E-state index contributed by atoms with van der Waals surface area (Å²) >= 11 is 0. The molecule has 0 aliphatic heterocycles. The van der Waals surface area contributed by atoms with E-state index in [0.717, 1.165) is 5.56 Å². The second-order valence-electron chi connectivity index (χ2n) is 5.25. The average Bonchev–Trinajstić information content (AvgIpc) is 2.55. The molecule has 0 aliphatic carbocycles. The summed E-state index contributed by atoms with van der Waals surface area (Å²) < 4.78 is 10.6. The maximum atomic E-state index is 12.0. The lowest BCUT2D eigenvalue weighted by molar-refractivity contribution is -0.385. The molecule has 0 heterocycles. The predicted molar refractivity (Wildman–Crippen MR) is 89.7 cm³/mol. The number of carbonyl (C=O) groups is 1. The van der Waals surface area contributed by atoms with Gasteiger partial charge in [-0.15, -0.1) is 0 Å². The Labute approximate surface area is 139 Å². The molecule has 0 saturated carbocycles. The Morgan fingerprint density at radius 2 is 1.92 bits per heavy atom. The smallest absolute Gasteiger partial charge is 0.274 e. The molecule has 1 N–H and O–H groups in total. The van der Waals surface area contributed by atoms with Crippen LogP contribution < -0.4 is 14.8 Å². The van der Waals surface area contributed by atoms with Gasteiger partial charge >= 0.3 is 0 Å². The number of benzene rings is 2. The van der Waals surface area contributed by atoms with Gasteiger partial charge in [0.15, 0.2) is 18.1 Å². The molecule has 7 heteroatoms. The van der Waals surface area contributed by atoms with E-state index in [0.29, 0.717) is 22.7 Å². The van der Waals surface area contributed by atoms with Gasteiger partial charge in [0.05, 0.1) is 12.0 Å². The number of nitrogens with one attached hydrogen (secondary N) is 1. The molecule has 24 heavy (non-hydrogen) atoms. The number of nitro groups is 1. The number of methoxy groups -OCH3 is 1. The van der Waals surface area contributed by atoms with Gasteiger partial charge in [0.2, 0.25) is 0 Å². The Morgan fingerprint density at radius 3 is 2.58 bits per heavy atom. The highest BCUT2D eigenvalue weighted by Gasteiger charge is 2.13. The third-order valence-electron chi connectivity index (χ3n) is 3.37. The fourth-order valence-corrected chi connectivity index (χ4v) is 2.12. The highest BCUT2D eigenvalue weighted by molar-refractivity contribution is 5.92. The van der Waals surface area contributed by atoms with E-state index in [4.69, 9.17) is 9.47 Å². The summed E-state index contributed by atoms with van der Waals surface area (Å²) in [5, 5.41) is 13.5. The number of carbonyl (C=O) groups excluding carboxylic acids is 1. The molecule has 0 radical (unpaired) electrons. The van der Waals surface area contributed by atoms with Crippen LogP contribution in [0.3, 0.4) is 0 Å². The Hall–Kier alpha value is -3.09. The van der Waals surface area contributed by atoms with Crippen LogP contribution in [-0.4, -0.2) is 24.5 Å². The molecule has 7 nitrogen and oxygen atoms in total. The number of hydrogen-bond donors (Lipinski definition) is 1. The van der Waals surface area contributed by atoms with Crippen molar-refractivity contribution in [2.45, 2.75) is 13.8 Å². The van der Waals surface area contributed by atoms with E-state index < -0.39 is 10.8 Å². The van der Waals surface area contributed by atoms with Crippen LogP contribution in [0.15, 0.2) is 36.4 Å². The third-order valence-corrected chi connectivity index (χ3v) is 3.37. The first-order valence-corrected chi connectivity index (χ1v) is 7.23. The summed E-state index contributed by atoms with van der Waals surface area (Å²) in [6.45, 7) is 3.32. The molecule has 0 aliphatic rings. The summed E-state index contributed by atoms with van der Waals surface area (Å²) in [6, 6.07) is 9.87. The average molecular weight is 330 g/mol. The lowest BCUT2D eigenvalue weighted by Crippen LogP contribution is -2.20. The highest BCUT2D eigenvalue weighted by Crippen LogP contribution is 2.28. The van der Waals surface area contributed by atoms with Crippen molar-refractivity contribution < 1.29 is 19.2 Å². The second kappa shape index (κ2) is 7.45. The van der Waals surface area contributed by atoms with Crippen LogP contribution >= 0.6 is 0 Å². The molecule has 0 aromatic heterocycles. The van der Waals surface area contributed by atoms with Crippen LogP contribution in [0.5, 0.6) is 11.5 Å². The van der Waals surface area contributed by atoms with E-state index in [9.17, 15) is 14.9 Å². The minimum atomic E-state index is -0.487. The van der Waals surface area contributed by atoms with Crippen molar-refractivity contribution in [1.29, 1.82) is 0 Å². The lowest BCUT2D eigenvalue weighted by Gasteiger charge is -2.11. The van der Waals surface area contributed by atoms with E-state index in [2.05, 4.69) is 5.32 Å². The molecule has 0 fully saturated rings. The van der Waals surface area contributed by atoms with E-state index in [1.807, 2.05) is 13.0 Å². The van der Waals surface area contributed by atoms with Crippen LogP contribution in [0.1, 0.15) is 11.1 Å². The van der Waals surface area contributed by atoms with E-state index >= 15 is 0 Å². The number of ether oxygens (including phenoxy) is 2. The topological polar surface area (TPSA) is 90.7 Å². The number of anilines is 1. The first-order chi connectivity index (χ1) is 11.4. The number of aryl methyl sites for hydroxylation is 2. The summed E-state index contributed by atoms with van der Waals surface area (Å²) in [4.78, 5) is 22.4. The molecule has 0 bridgehead atoms. The lowest BCUT2D eigenvalue weighted by atomic mass is 10.2. The van der Waals surface area contributed by atoms with Crippen LogP contribution in [0.25, 0.3) is 0 Å². The molecule has 2 aromatic rings. The van der Waals surface area contributed by atoms with Crippen LogP contribution in [0, 0.1) is 24.0 Å². The first kappa shape index (κ1) is 17.3. The zero-order valence-corrected chi connectivity index (χ0v) is 13.7. The van der Waals surface area contributed by atoms with Gasteiger partial charge in [0.1, 0.15) is 0 Å². The van der Waals surface area contributed by atoms with E-state index in [1.54, 1.807) is 31.2 Å². The van der Waals surface area contributed by atoms with Gasteiger partial charge < -0.3 is 14.8 Å². The summed E-state index contributed by atoms with van der Waals surface area (Å²) in [5.41, 5.74) is 1.83. The van der Waals surface area contributed by atoms with Gasteiger partial charge in [0.25, 0.3) is 11.6 Å². The molecule has 0 unspecified atom stereocenters. The summed E-state index contributed by atoms with van der Waals surface area (Å²) in [5.74, 6) is 0.567. The number of amides is 1. The van der Waals surface area contributed by atoms with Gasteiger partial charge in [-0.05, 0) is 37.6 Å². The van der Waals surface area contributed by atoms with Crippen molar-refractivity contribution in [3.05, 3.63) is 57.6 Å². The second-order valence-corrected chi connectivity index (χ2v) is 5.25. The number of rotatable bonds is 6. The van der Waals surface area contributed by atoms with Crippen molar-refractivity contribution in [1.82, 2.24) is 0 Å². The molecule has 0 saturated heterocycles. The molecule has 2 rings (SSSR count). The predicted octanol–water partition coefficient (Wildman–Crippen LogP) is 3.24. The minimum absolute atomic E-state index is 0.0473. The summed E-state index contributed by atoms with van der Waals surface area (Å²) in [6.07, 6.45) is 0. The van der Waals surface area contributed by atoms with Crippen molar-refractivity contribution in [2.24, 2.45) is 0 Å². The quantitative estimate of drug-likeness (QED) is 0.648. The highest BCUT2D eigenvalue weighted by atomic mass is 16.6. The Kier molecular flexibility index (Phi) is 5.36. The SMILES string of the molecule is COc1cc(C)ccc1OCC(=O)Nc1ccc(C)c([N+](=O)[O-])c1. The zero-order chi connectivity index (χ0) is 17.7. The van der Waals surface area contributed by atoms with Crippen LogP contribution in [0.4, 0.5) is 11.4 Å². The normalized spacial score (nSPS) is 10.1. The van der Waals surface area contributed by atoms with E-state index in [1.165, 1.54) is 13.2 Å². The minimum Gasteiger partial charge on any atom is -0.493 e. The Bertz CT molecular complexity index is 774. The maximum Gasteiger partial charge on any atom is 0.274 e. The number of hydrogen-bond acceptors (Lipinski definition) is 5. The molecule has 2 aromatic carbocycles. The van der Waals surface area contributed by atoms with Gasteiger partial charge in [0, 0.05) is 17.3 Å². The first-order valence-electron chi connectivity index (χ1n) is 7.23. The Morgan fingerprint density at radius 1 is 1.17 bits per heavy atom. The van der Waals surface area contributed by atoms with Crippen LogP contribution in [0.2, 0.25) is 0 Å². The van der Waals surface area contributed by atoms with E-state index in [-0.39, 0.29) is 12.3 Å². The fourth-order valence-electron chi connectivity index (χ4n) is 2.12. The fraction of sp³-hybridized carbons (Fsp3) is 0.235. The van der Waals surface area contributed by atoms with Gasteiger partial charge in [-0.25, -0.2) is 0 Å². The third kappa shape index (κ3) is 4.22. The molecule has 0 spiro atoms. The van der Waals surface area contributed by atoms with Gasteiger partial charge in [-0.3, -0.25) is 14.9 Å². The molecule has 126 valence electrons. The number of nitro benzene ring substituents is 1. The van der Waals surface area contributed by atoms with Crippen LogP contribution in [-0.2, 0) is 4.79 Å². The standard InChI is InChI=1S/C17H18N2O5/c1-11-4-7-15(16(8-11)23-3)24-10-17(20)18-13-6-5-12(2)14(9-13)19(21)22/h4-9H,10H2,1-3H3,(H,18,20). The van der Waals surface area contributed by atoms with Gasteiger partial charge in [-0.2, -0.15) is 0 Å². The van der Waals surface area contributed by atoms with Crippen molar-refractivity contribution >= 4 is 17.3 Å². The summed E-state index contributed by atoms with van der Waals surface area (Å²) in [7, 11) is 1.52. The zero-order valence-electron chi connectivity index (χ0n) is 13.7. The van der Waals surface area contributed by atoms with Crippen molar-refractivity contribution in [2.75, 3.05) is 19.0 Å². The molecular formula is C17H18N2O5. The molecule has 0 atom stereocenters. The van der Waals surface area contributed by atoms with Crippen molar-refractivity contribution in [3.8, 4) is 11.5 Å². The molecule has 1 amide bonds. The largest absolute Gasteiger partial charge is 0.493 e. The monoisotopic (exact) mass is 330 g/mol. The van der Waals surface area contributed by atoms with Gasteiger partial charge in [-0.1, -0.05) is 12.1 Å². The Balaban J connectivity index is 2.02. The van der Waals surface area contributed by atoms with Crippen molar-refractivity contribution in [3.63, 3.8) is 0 Å². The maximum absolute atomic E-state index is 12.0. The number of nitrogens with zero attached hydrogens (tertiary/aromatic N) is 1. The molecular weight excluding hydrogens is 312 g/mol.